The molecule has 0 bridgehead atoms. The second-order valence-corrected chi connectivity index (χ2v) is 8.64. The zero-order valence-electron chi connectivity index (χ0n) is 18.8. The maximum Gasteiger partial charge on any atom is 0.243 e. The van der Waals surface area contributed by atoms with E-state index in [1.165, 1.54) is 18.6 Å². The zero-order chi connectivity index (χ0) is 22.1. The number of guanidine groups is 1. The molecule has 2 fully saturated rings. The maximum absolute atomic E-state index is 13.1. The lowest BCUT2D eigenvalue weighted by Gasteiger charge is -2.33. The number of benzene rings is 1. The van der Waals surface area contributed by atoms with E-state index in [2.05, 4.69) is 20.5 Å². The van der Waals surface area contributed by atoms with Crippen molar-refractivity contribution in [3.63, 3.8) is 0 Å². The molecule has 1 unspecified atom stereocenters. The SMILES string of the molecule is CN(C)C(=O)CN=C(NCC1CCCCO1)NC1CCN(Cc2ccc(F)cc2)CC1. The molecule has 0 radical (unpaired) electrons. The van der Waals surface area contributed by atoms with Crippen LogP contribution in [0.15, 0.2) is 29.3 Å². The first-order valence-electron chi connectivity index (χ1n) is 11.3. The van der Waals surface area contributed by atoms with Crippen LogP contribution < -0.4 is 10.6 Å². The summed E-state index contributed by atoms with van der Waals surface area (Å²) in [5.41, 5.74) is 1.13. The monoisotopic (exact) mass is 433 g/mol. The summed E-state index contributed by atoms with van der Waals surface area (Å²) in [7, 11) is 3.48. The molecule has 2 saturated heterocycles. The zero-order valence-corrected chi connectivity index (χ0v) is 18.8. The third-order valence-electron chi connectivity index (χ3n) is 5.89. The number of likely N-dealkylation sites (tertiary alicyclic amines) is 1. The summed E-state index contributed by atoms with van der Waals surface area (Å²) in [5.74, 6) is 0.461. The summed E-state index contributed by atoms with van der Waals surface area (Å²) in [6, 6.07) is 7.04. The number of halogens is 1. The average Bonchev–Trinajstić information content (AvgIpc) is 2.78. The minimum absolute atomic E-state index is 0.0240. The lowest BCUT2D eigenvalue weighted by molar-refractivity contribution is -0.127. The number of carbonyl (C=O) groups is 1. The molecule has 8 heteroatoms. The third-order valence-corrected chi connectivity index (χ3v) is 5.89. The summed E-state index contributed by atoms with van der Waals surface area (Å²) >= 11 is 0. The smallest absolute Gasteiger partial charge is 0.243 e. The van der Waals surface area contributed by atoms with Gasteiger partial charge in [-0.3, -0.25) is 9.69 Å². The van der Waals surface area contributed by atoms with Gasteiger partial charge in [0.2, 0.25) is 5.91 Å². The largest absolute Gasteiger partial charge is 0.376 e. The molecule has 0 saturated carbocycles. The van der Waals surface area contributed by atoms with Crippen molar-refractivity contribution >= 4 is 11.9 Å². The predicted octanol–water partition coefficient (Wildman–Crippen LogP) is 1.98. The van der Waals surface area contributed by atoms with Gasteiger partial charge >= 0.3 is 0 Å². The number of hydrogen-bond acceptors (Lipinski definition) is 4. The first kappa shape index (κ1) is 23.5. The second kappa shape index (κ2) is 12.0. The number of piperidine rings is 1. The van der Waals surface area contributed by atoms with Gasteiger partial charge in [-0.25, -0.2) is 9.38 Å². The predicted molar refractivity (Wildman–Crippen MR) is 120 cm³/mol. The van der Waals surface area contributed by atoms with Crippen molar-refractivity contribution in [3.05, 3.63) is 35.6 Å². The van der Waals surface area contributed by atoms with E-state index in [9.17, 15) is 9.18 Å². The maximum atomic E-state index is 13.1. The summed E-state index contributed by atoms with van der Waals surface area (Å²) in [4.78, 5) is 20.5. The Bertz CT molecular complexity index is 711. The van der Waals surface area contributed by atoms with Crippen molar-refractivity contribution in [1.29, 1.82) is 0 Å². The van der Waals surface area contributed by atoms with Gasteiger partial charge in [0.1, 0.15) is 12.4 Å². The van der Waals surface area contributed by atoms with Crippen molar-refractivity contribution in [2.45, 2.75) is 50.8 Å². The van der Waals surface area contributed by atoms with Crippen LogP contribution in [0.4, 0.5) is 4.39 Å². The van der Waals surface area contributed by atoms with Crippen LogP contribution in [0.25, 0.3) is 0 Å². The highest BCUT2D eigenvalue weighted by Crippen LogP contribution is 2.15. The number of ether oxygens (including phenoxy) is 1. The van der Waals surface area contributed by atoms with Crippen LogP contribution in [0.1, 0.15) is 37.7 Å². The highest BCUT2D eigenvalue weighted by molar-refractivity contribution is 5.84. The number of hydrogen-bond donors (Lipinski definition) is 2. The Morgan fingerprint density at radius 3 is 2.58 bits per heavy atom. The highest BCUT2D eigenvalue weighted by atomic mass is 19.1. The summed E-state index contributed by atoms with van der Waals surface area (Å²) in [6.45, 7) is 4.40. The van der Waals surface area contributed by atoms with Gasteiger partial charge in [-0.15, -0.1) is 0 Å². The molecule has 1 aromatic rings. The molecule has 172 valence electrons. The fourth-order valence-corrected chi connectivity index (χ4v) is 3.90. The van der Waals surface area contributed by atoms with E-state index in [-0.39, 0.29) is 24.4 Å². The Labute approximate surface area is 185 Å². The molecule has 2 heterocycles. The van der Waals surface area contributed by atoms with Crippen LogP contribution >= 0.6 is 0 Å². The normalized spacial score (nSPS) is 21.0. The number of carbonyl (C=O) groups excluding carboxylic acids is 1. The molecule has 1 amide bonds. The first-order chi connectivity index (χ1) is 15.0. The number of rotatable bonds is 7. The Morgan fingerprint density at radius 1 is 1.19 bits per heavy atom. The van der Waals surface area contributed by atoms with Crippen LogP contribution in [0.3, 0.4) is 0 Å². The fourth-order valence-electron chi connectivity index (χ4n) is 3.90. The second-order valence-electron chi connectivity index (χ2n) is 8.64. The van der Waals surface area contributed by atoms with Gasteiger partial charge in [0.25, 0.3) is 0 Å². The van der Waals surface area contributed by atoms with Crippen LogP contribution in [-0.4, -0.2) is 80.7 Å². The van der Waals surface area contributed by atoms with Crippen molar-refractivity contribution in [2.24, 2.45) is 4.99 Å². The van der Waals surface area contributed by atoms with Gasteiger partial charge in [0.05, 0.1) is 6.10 Å². The molecular formula is C23H36FN5O2. The standard InChI is InChI=1S/C23H36FN5O2/c1-28(2)22(30)16-26-23(25-15-21-5-3-4-14-31-21)27-20-10-12-29(13-11-20)17-18-6-8-19(24)9-7-18/h6-9,20-21H,3-5,10-17H2,1-2H3,(H2,25,26,27). The molecule has 0 aliphatic carbocycles. The van der Waals surface area contributed by atoms with Gasteiger partial charge in [0, 0.05) is 52.9 Å². The Balaban J connectivity index is 1.49. The lowest BCUT2D eigenvalue weighted by Crippen LogP contribution is -2.50. The fraction of sp³-hybridized carbons (Fsp3) is 0.652. The van der Waals surface area contributed by atoms with Crippen molar-refractivity contribution < 1.29 is 13.9 Å². The quantitative estimate of drug-likeness (QED) is 0.508. The molecule has 0 aromatic heterocycles. The molecule has 1 aromatic carbocycles. The Hall–Kier alpha value is -2.19. The summed E-state index contributed by atoms with van der Waals surface area (Å²) in [5, 5.41) is 6.90. The Kier molecular flexibility index (Phi) is 9.09. The molecule has 7 nitrogen and oxygen atoms in total. The minimum Gasteiger partial charge on any atom is -0.376 e. The molecule has 2 aliphatic heterocycles. The lowest BCUT2D eigenvalue weighted by atomic mass is 10.0. The third kappa shape index (κ3) is 8.10. The van der Waals surface area contributed by atoms with Crippen LogP contribution in [0.2, 0.25) is 0 Å². The molecule has 1 atom stereocenters. The molecule has 2 N–H and O–H groups in total. The number of nitrogens with zero attached hydrogens (tertiary/aromatic N) is 3. The van der Waals surface area contributed by atoms with Gasteiger partial charge in [-0.05, 0) is 49.8 Å². The Morgan fingerprint density at radius 2 is 1.94 bits per heavy atom. The summed E-state index contributed by atoms with van der Waals surface area (Å²) in [6.07, 6.45) is 5.55. The van der Waals surface area contributed by atoms with E-state index in [4.69, 9.17) is 4.74 Å². The summed E-state index contributed by atoms with van der Waals surface area (Å²) < 4.78 is 18.9. The van der Waals surface area contributed by atoms with Gasteiger partial charge in [0.15, 0.2) is 5.96 Å². The minimum atomic E-state index is -0.197. The van der Waals surface area contributed by atoms with E-state index < -0.39 is 0 Å². The van der Waals surface area contributed by atoms with Crippen LogP contribution in [-0.2, 0) is 16.1 Å². The number of nitrogens with one attached hydrogen (secondary N) is 2. The van der Waals surface area contributed by atoms with Gasteiger partial charge in [-0.2, -0.15) is 0 Å². The highest BCUT2D eigenvalue weighted by Gasteiger charge is 2.21. The molecule has 2 aliphatic rings. The topological polar surface area (TPSA) is 69.2 Å². The number of aliphatic imine (C=N–C) groups is 1. The van der Waals surface area contributed by atoms with E-state index >= 15 is 0 Å². The molecule has 3 rings (SSSR count). The van der Waals surface area contributed by atoms with Crippen molar-refractivity contribution in [3.8, 4) is 0 Å². The van der Waals surface area contributed by atoms with E-state index in [0.717, 1.165) is 57.5 Å². The number of likely N-dealkylation sites (N-methyl/N-ethyl adjacent to an activating group) is 1. The van der Waals surface area contributed by atoms with Crippen molar-refractivity contribution in [1.82, 2.24) is 20.4 Å². The van der Waals surface area contributed by atoms with Crippen LogP contribution in [0.5, 0.6) is 0 Å². The molecule has 31 heavy (non-hydrogen) atoms. The first-order valence-corrected chi connectivity index (χ1v) is 11.3. The molecular weight excluding hydrogens is 397 g/mol. The van der Waals surface area contributed by atoms with E-state index in [0.29, 0.717) is 18.5 Å². The van der Waals surface area contributed by atoms with Gasteiger partial charge < -0.3 is 20.3 Å². The van der Waals surface area contributed by atoms with Gasteiger partial charge in [-0.1, -0.05) is 12.1 Å². The molecule has 0 spiro atoms. The van der Waals surface area contributed by atoms with E-state index in [1.54, 1.807) is 19.0 Å². The van der Waals surface area contributed by atoms with Crippen molar-refractivity contribution in [2.75, 3.05) is 46.9 Å². The number of amides is 1. The van der Waals surface area contributed by atoms with Crippen LogP contribution in [0, 0.1) is 5.82 Å². The average molecular weight is 434 g/mol. The van der Waals surface area contributed by atoms with E-state index in [1.807, 2.05) is 12.1 Å².